The van der Waals surface area contributed by atoms with Crippen LogP contribution in [0.25, 0.3) is 0 Å². The second-order valence-electron chi connectivity index (χ2n) is 8.96. The van der Waals surface area contributed by atoms with E-state index < -0.39 is 38.8 Å². The molecular formula is C22H30F3N3O5S. The second kappa shape index (κ2) is 10.1. The number of benzene rings is 1. The fourth-order valence-electron chi connectivity index (χ4n) is 4.74. The van der Waals surface area contributed by atoms with Gasteiger partial charge in [-0.25, -0.2) is 13.2 Å². The number of methoxy groups -OCH3 is 1. The third-order valence-electron chi connectivity index (χ3n) is 6.90. The first kappa shape index (κ1) is 26.3. The van der Waals surface area contributed by atoms with Crippen LogP contribution in [0.3, 0.4) is 0 Å². The van der Waals surface area contributed by atoms with Gasteiger partial charge in [-0.2, -0.15) is 17.5 Å². The number of hydrogen-bond acceptors (Lipinski definition) is 5. The zero-order chi connectivity index (χ0) is 25.3. The average Bonchev–Trinajstić information content (AvgIpc) is 3.38. The molecule has 2 aliphatic rings. The molecule has 1 aliphatic carbocycles. The van der Waals surface area contributed by atoms with E-state index in [9.17, 15) is 31.2 Å². The van der Waals surface area contributed by atoms with Crippen molar-refractivity contribution < 1.29 is 35.9 Å². The summed E-state index contributed by atoms with van der Waals surface area (Å²) in [6.45, 7) is 4.01. The van der Waals surface area contributed by atoms with Gasteiger partial charge in [0.25, 0.3) is 0 Å². The lowest BCUT2D eigenvalue weighted by Gasteiger charge is -2.27. The highest BCUT2D eigenvalue weighted by Gasteiger charge is 2.47. The molecule has 1 aromatic rings. The number of fused-ring (bicyclic) bond motifs is 1. The lowest BCUT2D eigenvalue weighted by molar-refractivity contribution is -0.137. The molecule has 0 unspecified atom stereocenters. The van der Waals surface area contributed by atoms with Crippen LogP contribution in [0.1, 0.15) is 38.7 Å². The van der Waals surface area contributed by atoms with Gasteiger partial charge in [0.2, 0.25) is 15.9 Å². The quantitative estimate of drug-likeness (QED) is 0.593. The summed E-state index contributed by atoms with van der Waals surface area (Å²) in [4.78, 5) is 24.2. The number of carbonyl (C=O) groups is 2. The predicted molar refractivity (Wildman–Crippen MR) is 117 cm³/mol. The maximum atomic E-state index is 13.1. The SMILES string of the molecule is CC[C@H](C)[C@H](NC(=O)OC)C(=O)N[C@H]1CC[C@@H]2CN(S(=O)(=O)c3cccc(C(F)(F)F)c3)C[C@@H]21. The highest BCUT2D eigenvalue weighted by Crippen LogP contribution is 2.41. The van der Waals surface area contributed by atoms with Gasteiger partial charge in [0.05, 0.1) is 17.6 Å². The molecule has 0 aromatic heterocycles. The molecule has 190 valence electrons. The van der Waals surface area contributed by atoms with Crippen molar-refractivity contribution in [3.8, 4) is 0 Å². The number of rotatable bonds is 7. The van der Waals surface area contributed by atoms with Crippen LogP contribution in [0.15, 0.2) is 29.2 Å². The van der Waals surface area contributed by atoms with Gasteiger partial charge in [0.15, 0.2) is 0 Å². The Morgan fingerprint density at radius 1 is 1.24 bits per heavy atom. The molecule has 34 heavy (non-hydrogen) atoms. The first-order valence-corrected chi connectivity index (χ1v) is 12.6. The summed E-state index contributed by atoms with van der Waals surface area (Å²) >= 11 is 0. The van der Waals surface area contributed by atoms with Crippen molar-refractivity contribution in [2.45, 2.75) is 56.3 Å². The molecule has 1 aromatic carbocycles. The molecule has 0 radical (unpaired) electrons. The van der Waals surface area contributed by atoms with E-state index >= 15 is 0 Å². The number of alkyl halides is 3. The summed E-state index contributed by atoms with van der Waals surface area (Å²) in [6.07, 6.45) is -3.38. The van der Waals surface area contributed by atoms with Crippen LogP contribution in [0.2, 0.25) is 0 Å². The van der Waals surface area contributed by atoms with E-state index in [1.54, 1.807) is 0 Å². The van der Waals surface area contributed by atoms with E-state index in [1.165, 1.54) is 11.4 Å². The largest absolute Gasteiger partial charge is 0.453 e. The van der Waals surface area contributed by atoms with Crippen LogP contribution in [0.5, 0.6) is 0 Å². The summed E-state index contributed by atoms with van der Waals surface area (Å²) in [5, 5.41) is 5.51. The van der Waals surface area contributed by atoms with Crippen molar-refractivity contribution >= 4 is 22.0 Å². The van der Waals surface area contributed by atoms with E-state index in [-0.39, 0.29) is 42.8 Å². The monoisotopic (exact) mass is 505 g/mol. The number of ether oxygens (including phenoxy) is 1. The van der Waals surface area contributed by atoms with Gasteiger partial charge in [-0.15, -0.1) is 0 Å². The van der Waals surface area contributed by atoms with Crippen molar-refractivity contribution in [3.05, 3.63) is 29.8 Å². The number of hydrogen-bond donors (Lipinski definition) is 2. The minimum absolute atomic E-state index is 0.0125. The van der Waals surface area contributed by atoms with E-state index in [0.29, 0.717) is 25.3 Å². The second-order valence-corrected chi connectivity index (χ2v) is 10.9. The molecule has 0 spiro atoms. The number of halogens is 3. The molecule has 1 saturated carbocycles. The first-order valence-electron chi connectivity index (χ1n) is 11.2. The highest BCUT2D eigenvalue weighted by atomic mass is 32.2. The van der Waals surface area contributed by atoms with Gasteiger partial charge in [-0.05, 0) is 48.8 Å². The Labute approximate surface area is 197 Å². The maximum absolute atomic E-state index is 13.1. The molecule has 8 nitrogen and oxygen atoms in total. The lowest BCUT2D eigenvalue weighted by atomic mass is 9.95. The standard InChI is InChI=1S/C22H30F3N3O5S/c1-4-13(2)19(27-21(30)33-3)20(29)26-18-9-8-14-11-28(12-17(14)18)34(31,32)16-7-5-6-15(10-16)22(23,24)25/h5-7,10,13-14,17-19H,4,8-9,11-12H2,1-3H3,(H,26,29)(H,27,30)/t13-,14+,17-,18-,19-/m0/s1. The van der Waals surface area contributed by atoms with Crippen molar-refractivity contribution in [1.29, 1.82) is 0 Å². The van der Waals surface area contributed by atoms with Crippen LogP contribution < -0.4 is 10.6 Å². The van der Waals surface area contributed by atoms with Gasteiger partial charge in [0.1, 0.15) is 6.04 Å². The molecule has 5 atom stereocenters. The zero-order valence-electron chi connectivity index (χ0n) is 19.3. The molecule has 12 heteroatoms. The van der Waals surface area contributed by atoms with Crippen molar-refractivity contribution in [1.82, 2.24) is 14.9 Å². The molecule has 0 bridgehead atoms. The van der Waals surface area contributed by atoms with Gasteiger partial charge in [0, 0.05) is 19.1 Å². The van der Waals surface area contributed by atoms with E-state index in [2.05, 4.69) is 15.4 Å². The Kier molecular flexibility index (Phi) is 7.81. The normalized spacial score (nSPS) is 24.8. The van der Waals surface area contributed by atoms with Crippen molar-refractivity contribution in [2.24, 2.45) is 17.8 Å². The number of carbonyl (C=O) groups excluding carboxylic acids is 2. The summed E-state index contributed by atoms with van der Waals surface area (Å²) in [6, 6.07) is 2.62. The summed E-state index contributed by atoms with van der Waals surface area (Å²) in [7, 11) is -2.91. The third kappa shape index (κ3) is 5.48. The smallest absolute Gasteiger partial charge is 0.416 e. The minimum Gasteiger partial charge on any atom is -0.453 e. The van der Waals surface area contributed by atoms with Crippen molar-refractivity contribution in [3.63, 3.8) is 0 Å². The molecule has 2 N–H and O–H groups in total. The van der Waals surface area contributed by atoms with E-state index in [4.69, 9.17) is 0 Å². The first-order chi connectivity index (χ1) is 15.9. The van der Waals surface area contributed by atoms with Gasteiger partial charge >= 0.3 is 12.3 Å². The average molecular weight is 506 g/mol. The van der Waals surface area contributed by atoms with Crippen LogP contribution in [0.4, 0.5) is 18.0 Å². The molecular weight excluding hydrogens is 475 g/mol. The maximum Gasteiger partial charge on any atom is 0.416 e. The number of alkyl carbamates (subject to hydrolysis) is 1. The van der Waals surface area contributed by atoms with Crippen LogP contribution in [-0.4, -0.2) is 57.0 Å². The number of amides is 2. The fraction of sp³-hybridized carbons (Fsp3) is 0.636. The molecule has 1 saturated heterocycles. The lowest BCUT2D eigenvalue weighted by Crippen LogP contribution is -2.53. The molecule has 1 heterocycles. The third-order valence-corrected chi connectivity index (χ3v) is 8.73. The topological polar surface area (TPSA) is 105 Å². The Bertz CT molecular complexity index is 1020. The Balaban J connectivity index is 1.72. The summed E-state index contributed by atoms with van der Waals surface area (Å²) in [5.74, 6) is -0.705. The molecule has 2 amide bonds. The van der Waals surface area contributed by atoms with Gasteiger partial charge in [-0.3, -0.25) is 4.79 Å². The van der Waals surface area contributed by atoms with Gasteiger partial charge in [-0.1, -0.05) is 26.3 Å². The predicted octanol–water partition coefficient (Wildman–Crippen LogP) is 2.99. The molecule has 1 aliphatic heterocycles. The minimum atomic E-state index is -4.65. The van der Waals surface area contributed by atoms with Crippen LogP contribution in [-0.2, 0) is 25.7 Å². The van der Waals surface area contributed by atoms with Crippen LogP contribution >= 0.6 is 0 Å². The Hall–Kier alpha value is -2.34. The number of sulfonamides is 1. The zero-order valence-corrected chi connectivity index (χ0v) is 20.1. The fourth-order valence-corrected chi connectivity index (χ4v) is 6.32. The number of nitrogens with one attached hydrogen (secondary N) is 2. The highest BCUT2D eigenvalue weighted by molar-refractivity contribution is 7.89. The Morgan fingerprint density at radius 3 is 2.56 bits per heavy atom. The van der Waals surface area contributed by atoms with Gasteiger partial charge < -0.3 is 15.4 Å². The summed E-state index contributed by atoms with van der Waals surface area (Å²) < 4.78 is 71.1. The molecule has 3 rings (SSSR count). The summed E-state index contributed by atoms with van der Waals surface area (Å²) in [5.41, 5.74) is -1.02. The van der Waals surface area contributed by atoms with Crippen molar-refractivity contribution in [2.75, 3.05) is 20.2 Å². The van der Waals surface area contributed by atoms with Crippen LogP contribution in [0, 0.1) is 17.8 Å². The Morgan fingerprint density at radius 2 is 1.94 bits per heavy atom. The van der Waals surface area contributed by atoms with E-state index in [0.717, 1.165) is 18.2 Å². The number of nitrogens with zero attached hydrogens (tertiary/aromatic N) is 1. The molecule has 2 fully saturated rings. The van der Waals surface area contributed by atoms with E-state index in [1.807, 2.05) is 13.8 Å².